The van der Waals surface area contributed by atoms with Crippen LogP contribution in [0.25, 0.3) is 0 Å². The van der Waals surface area contributed by atoms with Gasteiger partial charge in [0.2, 0.25) is 0 Å². The summed E-state index contributed by atoms with van der Waals surface area (Å²) in [6.45, 7) is 4.07. The summed E-state index contributed by atoms with van der Waals surface area (Å²) in [4.78, 5) is 11.0. The second-order valence-electron chi connectivity index (χ2n) is 2.69. The number of carbonyl (C=O) groups excluding carboxylic acids is 1. The zero-order chi connectivity index (χ0) is 10.3. The Hall–Kier alpha value is -0.260. The Morgan fingerprint density at radius 1 is 1.69 bits per heavy atom. The molecule has 13 heavy (non-hydrogen) atoms. The summed E-state index contributed by atoms with van der Waals surface area (Å²) < 4.78 is 4.73. The first kappa shape index (κ1) is 12.7. The molecular formula is C8H17NO3S. The van der Waals surface area contributed by atoms with Gasteiger partial charge in [0.25, 0.3) is 0 Å². The normalized spacial score (nSPS) is 15.1. The molecule has 0 spiro atoms. The van der Waals surface area contributed by atoms with Gasteiger partial charge in [-0.05, 0) is 6.92 Å². The van der Waals surface area contributed by atoms with Crippen LogP contribution in [-0.2, 0) is 9.53 Å². The molecule has 0 aliphatic heterocycles. The van der Waals surface area contributed by atoms with Gasteiger partial charge in [0.15, 0.2) is 0 Å². The predicted molar refractivity (Wildman–Crippen MR) is 53.6 cm³/mol. The molecule has 3 N–H and O–H groups in total. The van der Waals surface area contributed by atoms with Crippen molar-refractivity contribution in [3.05, 3.63) is 0 Å². The maximum Gasteiger partial charge on any atom is 0.323 e. The van der Waals surface area contributed by atoms with Gasteiger partial charge in [0.1, 0.15) is 6.04 Å². The number of hydrogen-bond donors (Lipinski definition) is 2. The van der Waals surface area contributed by atoms with Crippen LogP contribution in [0, 0.1) is 0 Å². The van der Waals surface area contributed by atoms with E-state index in [9.17, 15) is 4.79 Å². The fraction of sp³-hybridized carbons (Fsp3) is 0.875. The van der Waals surface area contributed by atoms with Gasteiger partial charge in [0.05, 0.1) is 13.2 Å². The van der Waals surface area contributed by atoms with E-state index >= 15 is 0 Å². The molecule has 4 nitrogen and oxygen atoms in total. The van der Waals surface area contributed by atoms with Crippen molar-refractivity contribution < 1.29 is 14.6 Å². The standard InChI is InChI=1S/C8H17NO3S/c1-3-12-8(11)7(9)5-13-6(2)4-10/h6-7,10H,3-5,9H2,1-2H3. The molecule has 0 rings (SSSR count). The van der Waals surface area contributed by atoms with Crippen molar-refractivity contribution in [3.63, 3.8) is 0 Å². The monoisotopic (exact) mass is 207 g/mol. The molecule has 0 aliphatic rings. The highest BCUT2D eigenvalue weighted by molar-refractivity contribution is 7.99. The van der Waals surface area contributed by atoms with Crippen LogP contribution in [0.2, 0.25) is 0 Å². The molecule has 2 atom stereocenters. The topological polar surface area (TPSA) is 72.5 Å². The Morgan fingerprint density at radius 2 is 2.31 bits per heavy atom. The van der Waals surface area contributed by atoms with E-state index in [4.69, 9.17) is 15.6 Å². The Balaban J connectivity index is 3.60. The van der Waals surface area contributed by atoms with Crippen LogP contribution in [0.4, 0.5) is 0 Å². The highest BCUT2D eigenvalue weighted by atomic mass is 32.2. The maximum atomic E-state index is 11.0. The molecule has 0 saturated heterocycles. The first-order valence-corrected chi connectivity index (χ1v) is 5.31. The maximum absolute atomic E-state index is 11.0. The highest BCUT2D eigenvalue weighted by Crippen LogP contribution is 2.10. The summed E-state index contributed by atoms with van der Waals surface area (Å²) in [5.74, 6) is 0.112. The summed E-state index contributed by atoms with van der Waals surface area (Å²) in [5, 5.41) is 8.82. The van der Waals surface area contributed by atoms with Crippen molar-refractivity contribution in [1.29, 1.82) is 0 Å². The zero-order valence-corrected chi connectivity index (χ0v) is 8.84. The van der Waals surface area contributed by atoms with Crippen LogP contribution < -0.4 is 5.73 Å². The molecule has 0 saturated carbocycles. The van der Waals surface area contributed by atoms with Gasteiger partial charge in [-0.3, -0.25) is 4.79 Å². The SMILES string of the molecule is CCOC(=O)C(N)CSC(C)CO. The average Bonchev–Trinajstić information content (AvgIpc) is 2.13. The number of ether oxygens (including phenoxy) is 1. The third kappa shape index (κ3) is 5.90. The Morgan fingerprint density at radius 3 is 2.77 bits per heavy atom. The average molecular weight is 207 g/mol. The van der Waals surface area contributed by atoms with Crippen LogP contribution in [0.1, 0.15) is 13.8 Å². The number of carbonyl (C=O) groups is 1. The third-order valence-electron chi connectivity index (χ3n) is 1.41. The molecule has 2 unspecified atom stereocenters. The van der Waals surface area contributed by atoms with Gasteiger partial charge in [0, 0.05) is 11.0 Å². The Labute approximate surface area is 82.8 Å². The first-order chi connectivity index (χ1) is 6.11. The smallest absolute Gasteiger partial charge is 0.323 e. The zero-order valence-electron chi connectivity index (χ0n) is 8.03. The molecule has 0 fully saturated rings. The second-order valence-corrected chi connectivity index (χ2v) is 4.16. The number of thioether (sulfide) groups is 1. The predicted octanol–water partition coefficient (Wildman–Crippen LogP) is -0.00920. The number of aliphatic hydroxyl groups is 1. The summed E-state index contributed by atoms with van der Waals surface area (Å²) >= 11 is 1.46. The van der Waals surface area contributed by atoms with Crippen LogP contribution in [0.15, 0.2) is 0 Å². The number of nitrogens with two attached hydrogens (primary N) is 1. The lowest BCUT2D eigenvalue weighted by Gasteiger charge is -2.12. The summed E-state index contributed by atoms with van der Waals surface area (Å²) in [6, 6.07) is -0.584. The van der Waals surface area contributed by atoms with E-state index in [2.05, 4.69) is 0 Å². The lowest BCUT2D eigenvalue weighted by atomic mass is 10.4. The lowest BCUT2D eigenvalue weighted by molar-refractivity contribution is -0.144. The van der Waals surface area contributed by atoms with Crippen molar-refractivity contribution in [1.82, 2.24) is 0 Å². The van der Waals surface area contributed by atoms with E-state index in [-0.39, 0.29) is 17.8 Å². The Bertz CT molecular complexity index is 154. The molecule has 0 aliphatic carbocycles. The van der Waals surface area contributed by atoms with Crippen LogP contribution in [0.5, 0.6) is 0 Å². The summed E-state index contributed by atoms with van der Waals surface area (Å²) in [5.41, 5.74) is 5.53. The van der Waals surface area contributed by atoms with Gasteiger partial charge in [-0.15, -0.1) is 0 Å². The lowest BCUT2D eigenvalue weighted by Crippen LogP contribution is -2.35. The number of hydrogen-bond acceptors (Lipinski definition) is 5. The number of rotatable bonds is 6. The van der Waals surface area contributed by atoms with E-state index in [0.29, 0.717) is 12.4 Å². The van der Waals surface area contributed by atoms with E-state index in [1.807, 2.05) is 6.92 Å². The number of aliphatic hydroxyl groups excluding tert-OH is 1. The molecule has 0 aromatic rings. The second kappa shape index (κ2) is 7.17. The minimum atomic E-state index is -0.584. The molecule has 5 heteroatoms. The molecule has 0 bridgehead atoms. The quantitative estimate of drug-likeness (QED) is 0.599. The van der Waals surface area contributed by atoms with Crippen LogP contribution in [-0.4, -0.2) is 41.3 Å². The molecular weight excluding hydrogens is 190 g/mol. The van der Waals surface area contributed by atoms with Gasteiger partial charge < -0.3 is 15.6 Å². The molecule has 0 heterocycles. The molecule has 78 valence electrons. The van der Waals surface area contributed by atoms with E-state index in [1.165, 1.54) is 11.8 Å². The fourth-order valence-electron chi connectivity index (χ4n) is 0.638. The summed E-state index contributed by atoms with van der Waals surface area (Å²) in [7, 11) is 0. The number of esters is 1. The molecule has 0 radical (unpaired) electrons. The van der Waals surface area contributed by atoms with Crippen molar-refractivity contribution in [2.75, 3.05) is 19.0 Å². The third-order valence-corrected chi connectivity index (χ3v) is 2.68. The van der Waals surface area contributed by atoms with Crippen molar-refractivity contribution in [2.24, 2.45) is 5.73 Å². The highest BCUT2D eigenvalue weighted by Gasteiger charge is 2.15. The van der Waals surface area contributed by atoms with E-state index in [1.54, 1.807) is 6.92 Å². The molecule has 0 aromatic carbocycles. The van der Waals surface area contributed by atoms with Crippen molar-refractivity contribution in [3.8, 4) is 0 Å². The minimum absolute atomic E-state index is 0.0974. The van der Waals surface area contributed by atoms with Gasteiger partial charge in [-0.2, -0.15) is 11.8 Å². The van der Waals surface area contributed by atoms with Gasteiger partial charge in [-0.1, -0.05) is 6.92 Å². The van der Waals surface area contributed by atoms with Crippen LogP contribution in [0.3, 0.4) is 0 Å². The molecule has 0 amide bonds. The van der Waals surface area contributed by atoms with Crippen molar-refractivity contribution >= 4 is 17.7 Å². The van der Waals surface area contributed by atoms with E-state index in [0.717, 1.165) is 0 Å². The van der Waals surface area contributed by atoms with Crippen molar-refractivity contribution in [2.45, 2.75) is 25.1 Å². The van der Waals surface area contributed by atoms with Gasteiger partial charge >= 0.3 is 5.97 Å². The fourth-order valence-corrected chi connectivity index (χ4v) is 1.42. The van der Waals surface area contributed by atoms with Crippen LogP contribution >= 0.6 is 11.8 Å². The van der Waals surface area contributed by atoms with E-state index < -0.39 is 6.04 Å². The Kier molecular flexibility index (Phi) is 7.03. The largest absolute Gasteiger partial charge is 0.465 e. The first-order valence-electron chi connectivity index (χ1n) is 4.26. The minimum Gasteiger partial charge on any atom is -0.465 e. The summed E-state index contributed by atoms with van der Waals surface area (Å²) in [6.07, 6.45) is 0. The molecule has 0 aromatic heterocycles. The van der Waals surface area contributed by atoms with Gasteiger partial charge in [-0.25, -0.2) is 0 Å².